The molecule has 1 aromatic carbocycles. The highest BCUT2D eigenvalue weighted by molar-refractivity contribution is 7.99. The normalized spacial score (nSPS) is 21.4. The molecular formula is C15H22Cl2N2OS. The number of hydrogen-bond donors (Lipinski definition) is 2. The van der Waals surface area contributed by atoms with Crippen LogP contribution in [-0.4, -0.2) is 30.3 Å². The molecule has 0 bridgehead atoms. The van der Waals surface area contributed by atoms with Gasteiger partial charge in [0.25, 0.3) is 0 Å². The summed E-state index contributed by atoms with van der Waals surface area (Å²) in [6.45, 7) is 3.18. The van der Waals surface area contributed by atoms with E-state index in [9.17, 15) is 4.79 Å². The Morgan fingerprint density at radius 3 is 2.81 bits per heavy atom. The second-order valence-corrected chi connectivity index (χ2v) is 6.60. The van der Waals surface area contributed by atoms with Gasteiger partial charge in [-0.1, -0.05) is 23.7 Å². The van der Waals surface area contributed by atoms with Crippen LogP contribution in [0.25, 0.3) is 0 Å². The molecule has 0 radical (unpaired) electrons. The number of benzene rings is 1. The number of thioether (sulfide) groups is 1. The maximum Gasteiger partial charge on any atom is 0.230 e. The molecule has 0 saturated carbocycles. The van der Waals surface area contributed by atoms with Crippen LogP contribution >= 0.6 is 35.8 Å². The lowest BCUT2D eigenvalue weighted by Gasteiger charge is -2.30. The minimum atomic E-state index is 0. The van der Waals surface area contributed by atoms with Crippen LogP contribution in [0, 0.1) is 0 Å². The van der Waals surface area contributed by atoms with Crippen LogP contribution in [0.3, 0.4) is 0 Å². The van der Waals surface area contributed by atoms with Gasteiger partial charge in [-0.25, -0.2) is 0 Å². The predicted molar refractivity (Wildman–Crippen MR) is 93.5 cm³/mol. The molecule has 0 spiro atoms. The van der Waals surface area contributed by atoms with Gasteiger partial charge in [0, 0.05) is 22.9 Å². The molecule has 2 unspecified atom stereocenters. The zero-order chi connectivity index (χ0) is 14.4. The highest BCUT2D eigenvalue weighted by Gasteiger charge is 2.21. The van der Waals surface area contributed by atoms with E-state index in [1.54, 1.807) is 11.8 Å². The molecule has 1 fully saturated rings. The van der Waals surface area contributed by atoms with Crippen molar-refractivity contribution < 1.29 is 4.79 Å². The summed E-state index contributed by atoms with van der Waals surface area (Å²) in [7, 11) is 0. The number of piperidine rings is 1. The lowest BCUT2D eigenvalue weighted by molar-refractivity contribution is -0.119. The number of amides is 1. The maximum absolute atomic E-state index is 11.9. The van der Waals surface area contributed by atoms with E-state index >= 15 is 0 Å². The smallest absolute Gasteiger partial charge is 0.230 e. The standard InChI is InChI=1S/C15H21ClN2OS.ClH/c1-11-14(3-2-8-17-11)18-15(19)10-20-9-12-4-6-13(16)7-5-12;/h4-7,11,14,17H,2-3,8-10H2,1H3,(H,18,19);1H. The molecule has 3 nitrogen and oxygen atoms in total. The number of hydrogen-bond acceptors (Lipinski definition) is 3. The molecule has 2 atom stereocenters. The molecule has 118 valence electrons. The van der Waals surface area contributed by atoms with Gasteiger partial charge in [-0.2, -0.15) is 0 Å². The minimum absolute atomic E-state index is 0. The number of carbonyl (C=O) groups excluding carboxylic acids is 1. The molecule has 1 aliphatic heterocycles. The average molecular weight is 349 g/mol. The zero-order valence-electron chi connectivity index (χ0n) is 12.1. The first-order valence-electron chi connectivity index (χ1n) is 7.00. The van der Waals surface area contributed by atoms with Crippen molar-refractivity contribution >= 4 is 41.7 Å². The van der Waals surface area contributed by atoms with Gasteiger partial charge in [-0.05, 0) is 44.0 Å². The molecule has 1 heterocycles. The van der Waals surface area contributed by atoms with Crippen LogP contribution in [0.4, 0.5) is 0 Å². The van der Waals surface area contributed by atoms with Crippen LogP contribution in [-0.2, 0) is 10.5 Å². The highest BCUT2D eigenvalue weighted by Crippen LogP contribution is 2.15. The summed E-state index contributed by atoms with van der Waals surface area (Å²) in [4.78, 5) is 11.9. The molecule has 0 aromatic heterocycles. The fourth-order valence-corrected chi connectivity index (χ4v) is 3.26. The lowest BCUT2D eigenvalue weighted by Crippen LogP contribution is -2.52. The summed E-state index contributed by atoms with van der Waals surface area (Å²) in [6, 6.07) is 8.40. The van der Waals surface area contributed by atoms with Gasteiger partial charge >= 0.3 is 0 Å². The third kappa shape index (κ3) is 6.47. The quantitative estimate of drug-likeness (QED) is 0.857. The predicted octanol–water partition coefficient (Wildman–Crippen LogP) is 3.25. The van der Waals surface area contributed by atoms with Crippen molar-refractivity contribution in [2.75, 3.05) is 12.3 Å². The van der Waals surface area contributed by atoms with Gasteiger partial charge in [0.05, 0.1) is 5.75 Å². The molecule has 0 aliphatic carbocycles. The van der Waals surface area contributed by atoms with Crippen molar-refractivity contribution in [3.63, 3.8) is 0 Å². The second kappa shape index (κ2) is 9.57. The molecule has 1 saturated heterocycles. The Morgan fingerprint density at radius 1 is 1.43 bits per heavy atom. The van der Waals surface area contributed by atoms with Crippen LogP contribution in [0.1, 0.15) is 25.3 Å². The first-order chi connectivity index (χ1) is 9.65. The van der Waals surface area contributed by atoms with E-state index in [1.807, 2.05) is 24.3 Å². The Morgan fingerprint density at radius 2 is 2.14 bits per heavy atom. The first-order valence-corrected chi connectivity index (χ1v) is 8.53. The molecule has 2 rings (SSSR count). The molecule has 1 aromatic rings. The molecule has 21 heavy (non-hydrogen) atoms. The Bertz CT molecular complexity index is 442. The van der Waals surface area contributed by atoms with E-state index in [2.05, 4.69) is 17.6 Å². The Balaban J connectivity index is 0.00000220. The zero-order valence-corrected chi connectivity index (χ0v) is 14.5. The highest BCUT2D eigenvalue weighted by atomic mass is 35.5. The van der Waals surface area contributed by atoms with E-state index in [0.29, 0.717) is 11.8 Å². The summed E-state index contributed by atoms with van der Waals surface area (Å²) in [5.74, 6) is 1.47. The van der Waals surface area contributed by atoms with Crippen molar-refractivity contribution in [3.8, 4) is 0 Å². The first kappa shape index (κ1) is 18.6. The van der Waals surface area contributed by atoms with Crippen LogP contribution in [0.2, 0.25) is 5.02 Å². The van der Waals surface area contributed by atoms with Crippen LogP contribution in [0.15, 0.2) is 24.3 Å². The van der Waals surface area contributed by atoms with Crippen LogP contribution in [0.5, 0.6) is 0 Å². The van der Waals surface area contributed by atoms with Gasteiger partial charge in [-0.3, -0.25) is 4.79 Å². The monoisotopic (exact) mass is 348 g/mol. The fourth-order valence-electron chi connectivity index (χ4n) is 2.33. The fraction of sp³-hybridized carbons (Fsp3) is 0.533. The van der Waals surface area contributed by atoms with E-state index in [1.165, 1.54) is 5.56 Å². The number of rotatable bonds is 5. The van der Waals surface area contributed by atoms with E-state index in [4.69, 9.17) is 11.6 Å². The molecule has 1 aliphatic rings. The number of nitrogens with one attached hydrogen (secondary N) is 2. The van der Waals surface area contributed by atoms with Crippen molar-refractivity contribution in [3.05, 3.63) is 34.9 Å². The molecular weight excluding hydrogens is 327 g/mol. The van der Waals surface area contributed by atoms with E-state index in [-0.39, 0.29) is 24.4 Å². The minimum Gasteiger partial charge on any atom is -0.351 e. The Labute approximate surface area is 142 Å². The SMILES string of the molecule is CC1NCCCC1NC(=O)CSCc1ccc(Cl)cc1.Cl. The van der Waals surface area contributed by atoms with Gasteiger partial charge in [-0.15, -0.1) is 24.2 Å². The van der Waals surface area contributed by atoms with Gasteiger partial charge in [0.2, 0.25) is 5.91 Å². The summed E-state index contributed by atoms with van der Waals surface area (Å²) < 4.78 is 0. The van der Waals surface area contributed by atoms with Gasteiger partial charge in [0.1, 0.15) is 0 Å². The maximum atomic E-state index is 11.9. The number of halogens is 2. The summed E-state index contributed by atoms with van der Waals surface area (Å²) in [5, 5.41) is 7.26. The lowest BCUT2D eigenvalue weighted by atomic mass is 10.00. The van der Waals surface area contributed by atoms with Gasteiger partial charge < -0.3 is 10.6 Å². The van der Waals surface area contributed by atoms with Crippen LogP contribution < -0.4 is 10.6 Å². The summed E-state index contributed by atoms with van der Waals surface area (Å²) in [6.07, 6.45) is 2.20. The third-order valence-corrected chi connectivity index (χ3v) is 4.78. The molecule has 6 heteroatoms. The molecule has 2 N–H and O–H groups in total. The Hall–Kier alpha value is -0.420. The largest absolute Gasteiger partial charge is 0.351 e. The van der Waals surface area contributed by atoms with Crippen molar-refractivity contribution in [1.29, 1.82) is 0 Å². The van der Waals surface area contributed by atoms with Crippen molar-refractivity contribution in [2.24, 2.45) is 0 Å². The van der Waals surface area contributed by atoms with Crippen molar-refractivity contribution in [1.82, 2.24) is 10.6 Å². The second-order valence-electron chi connectivity index (χ2n) is 5.18. The van der Waals surface area contributed by atoms with E-state index < -0.39 is 0 Å². The number of carbonyl (C=O) groups is 1. The Kier molecular flexibility index (Phi) is 8.49. The van der Waals surface area contributed by atoms with E-state index in [0.717, 1.165) is 30.2 Å². The topological polar surface area (TPSA) is 41.1 Å². The van der Waals surface area contributed by atoms with Gasteiger partial charge in [0.15, 0.2) is 0 Å². The summed E-state index contributed by atoms with van der Waals surface area (Å²) >= 11 is 7.48. The average Bonchev–Trinajstić information content (AvgIpc) is 2.44. The summed E-state index contributed by atoms with van der Waals surface area (Å²) in [5.41, 5.74) is 1.19. The van der Waals surface area contributed by atoms with Crippen molar-refractivity contribution in [2.45, 2.75) is 37.6 Å². The molecule has 1 amide bonds. The third-order valence-electron chi connectivity index (χ3n) is 3.52.